The molecule has 0 saturated carbocycles. The number of aromatic nitrogens is 2. The highest BCUT2D eigenvalue weighted by molar-refractivity contribution is 7.87. The van der Waals surface area contributed by atoms with Gasteiger partial charge in [0.05, 0.1) is 12.4 Å². The van der Waals surface area contributed by atoms with Crippen molar-refractivity contribution in [3.63, 3.8) is 0 Å². The van der Waals surface area contributed by atoms with E-state index in [9.17, 15) is 8.42 Å². The minimum absolute atomic E-state index is 0.0557. The Morgan fingerprint density at radius 2 is 1.44 bits per heavy atom. The third kappa shape index (κ3) is 4.37. The van der Waals surface area contributed by atoms with E-state index in [1.807, 2.05) is 39.8 Å². The molecule has 0 N–H and O–H groups in total. The van der Waals surface area contributed by atoms with Crippen molar-refractivity contribution in [1.29, 1.82) is 0 Å². The van der Waals surface area contributed by atoms with Gasteiger partial charge in [-0.15, -0.1) is 0 Å². The highest BCUT2D eigenvalue weighted by Gasteiger charge is 2.28. The van der Waals surface area contributed by atoms with Gasteiger partial charge in [0.15, 0.2) is 5.75 Å². The Kier molecular flexibility index (Phi) is 5.83. The van der Waals surface area contributed by atoms with Crippen molar-refractivity contribution in [2.45, 2.75) is 64.2 Å². The van der Waals surface area contributed by atoms with Gasteiger partial charge in [0.1, 0.15) is 4.90 Å². The molecule has 0 aliphatic carbocycles. The lowest BCUT2D eigenvalue weighted by Gasteiger charge is -2.22. The van der Waals surface area contributed by atoms with Crippen LogP contribution in [0.4, 0.5) is 0 Å². The first kappa shape index (κ1) is 19.4. The molecule has 0 radical (unpaired) electrons. The summed E-state index contributed by atoms with van der Waals surface area (Å²) in [4.78, 5) is 0.277. The molecule has 2 aromatic rings. The minimum Gasteiger partial charge on any atom is -0.377 e. The Morgan fingerprint density at radius 1 is 0.880 bits per heavy atom. The molecule has 0 saturated heterocycles. The third-order valence-electron chi connectivity index (χ3n) is 4.09. The van der Waals surface area contributed by atoms with Gasteiger partial charge in [-0.1, -0.05) is 53.7 Å². The maximum atomic E-state index is 13.1. The molecular weight excluding hydrogens is 336 g/mol. The topological polar surface area (TPSA) is 69.2 Å². The lowest BCUT2D eigenvalue weighted by molar-refractivity contribution is 0.480. The van der Waals surface area contributed by atoms with E-state index in [0.29, 0.717) is 5.92 Å². The van der Waals surface area contributed by atoms with Crippen LogP contribution in [0.2, 0.25) is 0 Å². The number of hydrogen-bond acceptors (Lipinski definition) is 5. The molecule has 6 heteroatoms. The van der Waals surface area contributed by atoms with Gasteiger partial charge in [-0.25, -0.2) is 0 Å². The molecule has 0 spiro atoms. The van der Waals surface area contributed by atoms with E-state index in [4.69, 9.17) is 4.18 Å². The first-order valence-electron chi connectivity index (χ1n) is 8.52. The largest absolute Gasteiger partial charge is 0.377 e. The van der Waals surface area contributed by atoms with Crippen molar-refractivity contribution in [3.8, 4) is 5.75 Å². The lowest BCUT2D eigenvalue weighted by Crippen LogP contribution is -2.17. The molecule has 0 aliphatic heterocycles. The third-order valence-corrected chi connectivity index (χ3v) is 5.48. The molecule has 1 heterocycles. The van der Waals surface area contributed by atoms with E-state index in [1.165, 1.54) is 18.5 Å². The first-order valence-corrected chi connectivity index (χ1v) is 9.93. The molecule has 136 valence electrons. The second-order valence-corrected chi connectivity index (χ2v) is 8.59. The zero-order chi connectivity index (χ0) is 18.8. The summed E-state index contributed by atoms with van der Waals surface area (Å²) in [6.07, 6.45) is 2.70. The summed E-state index contributed by atoms with van der Waals surface area (Å²) >= 11 is 0. The van der Waals surface area contributed by atoms with Crippen molar-refractivity contribution in [1.82, 2.24) is 10.2 Å². The van der Waals surface area contributed by atoms with E-state index in [1.54, 1.807) is 0 Å². The van der Waals surface area contributed by atoms with Crippen molar-refractivity contribution < 1.29 is 12.6 Å². The SMILES string of the molecule is CC(C)c1cc(C(C)C)c(S(=O)(=O)Oc2ccnnc2)c(C(C)C)c1. The Bertz CT molecular complexity index is 800. The van der Waals surface area contributed by atoms with Gasteiger partial charge in [0.2, 0.25) is 0 Å². The van der Waals surface area contributed by atoms with Crippen LogP contribution in [0.3, 0.4) is 0 Å². The smallest absolute Gasteiger partial charge is 0.339 e. The van der Waals surface area contributed by atoms with E-state index in [0.717, 1.165) is 16.7 Å². The summed E-state index contributed by atoms with van der Waals surface area (Å²) in [5.74, 6) is 0.588. The molecule has 0 bridgehead atoms. The molecular formula is C19H26N2O3S. The second kappa shape index (κ2) is 7.52. The maximum Gasteiger partial charge on any atom is 0.339 e. The van der Waals surface area contributed by atoms with Crippen LogP contribution in [0.15, 0.2) is 35.5 Å². The van der Waals surface area contributed by atoms with Crippen LogP contribution in [-0.2, 0) is 10.1 Å². The van der Waals surface area contributed by atoms with Gasteiger partial charge in [0, 0.05) is 6.07 Å². The average Bonchev–Trinajstić information content (AvgIpc) is 2.53. The normalized spacial score (nSPS) is 12.2. The predicted molar refractivity (Wildman–Crippen MR) is 98.6 cm³/mol. The van der Waals surface area contributed by atoms with Crippen LogP contribution in [-0.4, -0.2) is 18.6 Å². The first-order chi connectivity index (χ1) is 11.6. The van der Waals surface area contributed by atoms with Gasteiger partial charge in [0.25, 0.3) is 0 Å². The van der Waals surface area contributed by atoms with Crippen molar-refractivity contribution in [2.24, 2.45) is 0 Å². The fourth-order valence-electron chi connectivity index (χ4n) is 2.67. The van der Waals surface area contributed by atoms with Crippen molar-refractivity contribution >= 4 is 10.1 Å². The average molecular weight is 362 g/mol. The Balaban J connectivity index is 2.69. The molecule has 1 aromatic heterocycles. The Labute approximate surface area is 150 Å². The fraction of sp³-hybridized carbons (Fsp3) is 0.474. The summed E-state index contributed by atoms with van der Waals surface area (Å²) in [6.45, 7) is 12.2. The zero-order valence-corrected chi connectivity index (χ0v) is 16.5. The quantitative estimate of drug-likeness (QED) is 0.702. The number of nitrogens with zero attached hydrogens (tertiary/aromatic N) is 2. The van der Waals surface area contributed by atoms with E-state index in [2.05, 4.69) is 24.0 Å². The van der Waals surface area contributed by atoms with Gasteiger partial charge in [-0.05, 0) is 34.4 Å². The summed E-state index contributed by atoms with van der Waals surface area (Å²) in [5, 5.41) is 7.32. The molecule has 5 nitrogen and oxygen atoms in total. The zero-order valence-electron chi connectivity index (χ0n) is 15.6. The van der Waals surface area contributed by atoms with Gasteiger partial charge in [-0.3, -0.25) is 0 Å². The van der Waals surface area contributed by atoms with Crippen LogP contribution in [0.1, 0.15) is 76.0 Å². The summed E-state index contributed by atoms with van der Waals surface area (Å²) in [5.41, 5.74) is 2.71. The highest BCUT2D eigenvalue weighted by atomic mass is 32.2. The van der Waals surface area contributed by atoms with E-state index >= 15 is 0 Å². The maximum absolute atomic E-state index is 13.1. The Hall–Kier alpha value is -1.95. The fourth-order valence-corrected chi connectivity index (χ4v) is 4.28. The molecule has 1 aromatic carbocycles. The lowest BCUT2D eigenvalue weighted by atomic mass is 9.89. The van der Waals surface area contributed by atoms with Gasteiger partial charge in [-0.2, -0.15) is 18.6 Å². The molecule has 0 aliphatic rings. The summed E-state index contributed by atoms with van der Waals surface area (Å²) in [7, 11) is -3.97. The van der Waals surface area contributed by atoms with E-state index in [-0.39, 0.29) is 22.5 Å². The molecule has 0 amide bonds. The van der Waals surface area contributed by atoms with Crippen LogP contribution in [0.5, 0.6) is 5.75 Å². The second-order valence-electron chi connectivity index (χ2n) is 7.11. The Morgan fingerprint density at radius 3 is 1.84 bits per heavy atom. The van der Waals surface area contributed by atoms with Crippen molar-refractivity contribution in [2.75, 3.05) is 0 Å². The molecule has 0 fully saturated rings. The van der Waals surface area contributed by atoms with Crippen LogP contribution in [0.25, 0.3) is 0 Å². The number of rotatable bonds is 6. The van der Waals surface area contributed by atoms with Gasteiger partial charge >= 0.3 is 10.1 Å². The highest BCUT2D eigenvalue weighted by Crippen LogP contribution is 2.36. The van der Waals surface area contributed by atoms with Crippen LogP contribution in [0, 0.1) is 0 Å². The van der Waals surface area contributed by atoms with E-state index < -0.39 is 10.1 Å². The molecule has 2 rings (SSSR count). The predicted octanol–water partition coefficient (Wildman–Crippen LogP) is 4.61. The molecule has 0 atom stereocenters. The van der Waals surface area contributed by atoms with Crippen LogP contribution < -0.4 is 4.18 Å². The summed E-state index contributed by atoms with van der Waals surface area (Å²) in [6, 6.07) is 5.46. The summed E-state index contributed by atoms with van der Waals surface area (Å²) < 4.78 is 31.5. The van der Waals surface area contributed by atoms with Crippen LogP contribution >= 0.6 is 0 Å². The molecule has 0 unspecified atom stereocenters. The number of hydrogen-bond donors (Lipinski definition) is 0. The van der Waals surface area contributed by atoms with Gasteiger partial charge < -0.3 is 4.18 Å². The monoisotopic (exact) mass is 362 g/mol. The minimum atomic E-state index is -3.97. The van der Waals surface area contributed by atoms with Crippen molar-refractivity contribution in [3.05, 3.63) is 47.3 Å². The standard InChI is InChI=1S/C19H26N2O3S/c1-12(2)15-9-17(13(3)4)19(18(10-15)14(5)6)25(22,23)24-16-7-8-20-21-11-16/h7-14H,1-6H3. The molecule has 25 heavy (non-hydrogen) atoms. The number of benzene rings is 1.